The Balaban J connectivity index is 1.69. The number of carbonyl (C=O) groups is 2. The molecule has 0 atom stereocenters. The van der Waals surface area contributed by atoms with Crippen LogP contribution in [0, 0.1) is 13.8 Å². The van der Waals surface area contributed by atoms with Crippen molar-refractivity contribution < 1.29 is 32.6 Å². The van der Waals surface area contributed by atoms with Crippen LogP contribution < -0.4 is 14.2 Å². The molecule has 1 fully saturated rings. The molecule has 0 N–H and O–H groups in total. The predicted molar refractivity (Wildman–Crippen MR) is 118 cm³/mol. The van der Waals surface area contributed by atoms with Crippen molar-refractivity contribution >= 4 is 29.0 Å². The molecule has 32 heavy (non-hydrogen) atoms. The van der Waals surface area contributed by atoms with Gasteiger partial charge in [0.15, 0.2) is 11.5 Å². The number of imide groups is 1. The van der Waals surface area contributed by atoms with E-state index >= 15 is 0 Å². The van der Waals surface area contributed by atoms with E-state index < -0.39 is 17.8 Å². The molecule has 2 amide bonds. The Hall–Kier alpha value is -3.07. The van der Waals surface area contributed by atoms with Gasteiger partial charge in [-0.1, -0.05) is 18.2 Å². The first-order valence-electron chi connectivity index (χ1n) is 9.95. The van der Waals surface area contributed by atoms with Crippen molar-refractivity contribution in [2.75, 3.05) is 19.8 Å². The SMILES string of the molecule is CCOc1cc(/C=C2\SC(=O)N(CCOc3cc(C)ccc3C)C2=O)ccc1OC(F)F. The zero-order chi connectivity index (χ0) is 23.3. The largest absolute Gasteiger partial charge is 0.491 e. The van der Waals surface area contributed by atoms with Gasteiger partial charge in [-0.05, 0) is 73.5 Å². The number of benzene rings is 2. The highest BCUT2D eigenvalue weighted by atomic mass is 32.2. The van der Waals surface area contributed by atoms with Gasteiger partial charge in [-0.3, -0.25) is 14.5 Å². The van der Waals surface area contributed by atoms with Crippen molar-refractivity contribution in [1.82, 2.24) is 4.90 Å². The molecule has 9 heteroatoms. The zero-order valence-corrected chi connectivity index (χ0v) is 18.7. The molecule has 170 valence electrons. The summed E-state index contributed by atoms with van der Waals surface area (Å²) < 4.78 is 40.7. The summed E-state index contributed by atoms with van der Waals surface area (Å²) in [5.41, 5.74) is 2.54. The van der Waals surface area contributed by atoms with Crippen LogP contribution in [-0.4, -0.2) is 42.4 Å². The molecule has 3 rings (SSSR count). The molecule has 2 aromatic carbocycles. The number of ether oxygens (including phenoxy) is 3. The summed E-state index contributed by atoms with van der Waals surface area (Å²) in [6, 6.07) is 10.2. The third-order valence-corrected chi connectivity index (χ3v) is 5.48. The smallest absolute Gasteiger partial charge is 0.387 e. The maximum atomic E-state index is 12.7. The van der Waals surface area contributed by atoms with Gasteiger partial charge in [0.05, 0.1) is 18.1 Å². The fourth-order valence-electron chi connectivity index (χ4n) is 3.03. The molecule has 1 saturated heterocycles. The van der Waals surface area contributed by atoms with Gasteiger partial charge in [-0.15, -0.1) is 0 Å². The van der Waals surface area contributed by atoms with Crippen LogP contribution in [0.1, 0.15) is 23.6 Å². The van der Waals surface area contributed by atoms with Gasteiger partial charge in [0, 0.05) is 0 Å². The molecule has 0 aliphatic carbocycles. The van der Waals surface area contributed by atoms with Crippen molar-refractivity contribution in [2.45, 2.75) is 27.4 Å². The van der Waals surface area contributed by atoms with E-state index in [0.29, 0.717) is 11.3 Å². The van der Waals surface area contributed by atoms with E-state index in [9.17, 15) is 18.4 Å². The quantitative estimate of drug-likeness (QED) is 0.463. The third-order valence-electron chi connectivity index (χ3n) is 4.57. The lowest BCUT2D eigenvalue weighted by molar-refractivity contribution is -0.123. The van der Waals surface area contributed by atoms with Gasteiger partial charge in [-0.25, -0.2) is 0 Å². The molecule has 1 aliphatic rings. The van der Waals surface area contributed by atoms with E-state index in [1.165, 1.54) is 24.3 Å². The van der Waals surface area contributed by atoms with Crippen LogP contribution in [0.3, 0.4) is 0 Å². The first kappa shape index (κ1) is 23.6. The number of halogens is 2. The van der Waals surface area contributed by atoms with Gasteiger partial charge in [0.1, 0.15) is 12.4 Å². The summed E-state index contributed by atoms with van der Waals surface area (Å²) in [4.78, 5) is 26.4. The molecule has 1 heterocycles. The fraction of sp³-hybridized carbons (Fsp3) is 0.304. The number of alkyl halides is 2. The molecule has 6 nitrogen and oxygen atoms in total. The van der Waals surface area contributed by atoms with Crippen LogP contribution in [0.2, 0.25) is 0 Å². The molecular weight excluding hydrogens is 440 g/mol. The topological polar surface area (TPSA) is 65.1 Å². The van der Waals surface area contributed by atoms with Crippen LogP contribution >= 0.6 is 11.8 Å². The Morgan fingerprint density at radius 1 is 1.03 bits per heavy atom. The maximum absolute atomic E-state index is 12.7. The van der Waals surface area contributed by atoms with E-state index in [2.05, 4.69) is 4.74 Å². The molecule has 0 aromatic heterocycles. The summed E-state index contributed by atoms with van der Waals surface area (Å²) in [6.45, 7) is 3.14. The van der Waals surface area contributed by atoms with Gasteiger partial charge < -0.3 is 14.2 Å². The summed E-state index contributed by atoms with van der Waals surface area (Å²) in [5, 5.41) is -0.395. The second-order valence-corrected chi connectivity index (χ2v) is 7.96. The van der Waals surface area contributed by atoms with Crippen molar-refractivity contribution in [1.29, 1.82) is 0 Å². The van der Waals surface area contributed by atoms with Gasteiger partial charge in [-0.2, -0.15) is 8.78 Å². The minimum Gasteiger partial charge on any atom is -0.491 e. The second-order valence-electron chi connectivity index (χ2n) is 6.97. The summed E-state index contributed by atoms with van der Waals surface area (Å²) in [5.74, 6) is 0.302. The van der Waals surface area contributed by atoms with Gasteiger partial charge in [0.2, 0.25) is 0 Å². The normalized spacial score (nSPS) is 15.1. The number of amides is 2. The molecule has 2 aromatic rings. The first-order chi connectivity index (χ1) is 15.3. The lowest BCUT2D eigenvalue weighted by Gasteiger charge is -2.14. The monoisotopic (exact) mass is 463 g/mol. The number of carbonyl (C=O) groups excluding carboxylic acids is 2. The summed E-state index contributed by atoms with van der Waals surface area (Å²) in [7, 11) is 0. The highest BCUT2D eigenvalue weighted by Crippen LogP contribution is 2.35. The minimum absolute atomic E-state index is 0.101. The predicted octanol–water partition coefficient (Wildman–Crippen LogP) is 5.42. The average Bonchev–Trinajstić information content (AvgIpc) is 2.99. The van der Waals surface area contributed by atoms with Crippen molar-refractivity contribution in [2.24, 2.45) is 0 Å². The summed E-state index contributed by atoms with van der Waals surface area (Å²) >= 11 is 0.813. The van der Waals surface area contributed by atoms with E-state index in [0.717, 1.165) is 27.8 Å². The van der Waals surface area contributed by atoms with Crippen LogP contribution in [-0.2, 0) is 4.79 Å². The zero-order valence-electron chi connectivity index (χ0n) is 17.9. The molecule has 0 bridgehead atoms. The molecule has 0 radical (unpaired) electrons. The number of aryl methyl sites for hydroxylation is 2. The van der Waals surface area contributed by atoms with E-state index in [1.54, 1.807) is 6.92 Å². The molecule has 0 unspecified atom stereocenters. The van der Waals surface area contributed by atoms with Crippen molar-refractivity contribution in [3.63, 3.8) is 0 Å². The number of thioether (sulfide) groups is 1. The second kappa shape index (κ2) is 10.5. The number of hydrogen-bond donors (Lipinski definition) is 0. The molecular formula is C23H23F2NO5S. The molecule has 1 aliphatic heterocycles. The van der Waals surface area contributed by atoms with E-state index in [-0.39, 0.29) is 36.2 Å². The number of rotatable bonds is 9. The van der Waals surface area contributed by atoms with Crippen molar-refractivity contribution in [3.8, 4) is 17.2 Å². The Labute approximate surface area is 189 Å². The van der Waals surface area contributed by atoms with Gasteiger partial charge in [0.25, 0.3) is 11.1 Å². The van der Waals surface area contributed by atoms with Crippen LogP contribution in [0.5, 0.6) is 17.2 Å². The lowest BCUT2D eigenvalue weighted by Crippen LogP contribution is -2.32. The summed E-state index contributed by atoms with van der Waals surface area (Å²) in [6.07, 6.45) is 1.52. The highest BCUT2D eigenvalue weighted by molar-refractivity contribution is 8.18. The minimum atomic E-state index is -2.98. The van der Waals surface area contributed by atoms with E-state index in [1.807, 2.05) is 32.0 Å². The Morgan fingerprint density at radius 2 is 1.81 bits per heavy atom. The number of nitrogens with zero attached hydrogens (tertiary/aromatic N) is 1. The van der Waals surface area contributed by atoms with E-state index in [4.69, 9.17) is 9.47 Å². The molecule has 0 spiro atoms. The fourth-order valence-corrected chi connectivity index (χ4v) is 3.89. The lowest BCUT2D eigenvalue weighted by atomic mass is 10.1. The van der Waals surface area contributed by atoms with Crippen LogP contribution in [0.4, 0.5) is 13.6 Å². The molecule has 0 saturated carbocycles. The maximum Gasteiger partial charge on any atom is 0.387 e. The Morgan fingerprint density at radius 3 is 2.53 bits per heavy atom. The Kier molecular flexibility index (Phi) is 7.74. The third kappa shape index (κ3) is 5.79. The van der Waals surface area contributed by atoms with Gasteiger partial charge >= 0.3 is 6.61 Å². The van der Waals surface area contributed by atoms with Crippen LogP contribution in [0.15, 0.2) is 41.3 Å². The number of hydrogen-bond acceptors (Lipinski definition) is 6. The van der Waals surface area contributed by atoms with Crippen molar-refractivity contribution in [3.05, 3.63) is 58.0 Å². The first-order valence-corrected chi connectivity index (χ1v) is 10.8. The average molecular weight is 464 g/mol. The standard InChI is InChI=1S/C23H23F2NO5S/c1-4-29-19-12-16(7-8-17(19)31-22(24)25)13-20-21(27)26(23(28)32-20)9-10-30-18-11-14(2)5-6-15(18)3/h5-8,11-13,22H,4,9-10H2,1-3H3/b20-13-. The Bertz CT molecular complexity index is 1040. The highest BCUT2D eigenvalue weighted by Gasteiger charge is 2.34. The van der Waals surface area contributed by atoms with Crippen LogP contribution in [0.25, 0.3) is 6.08 Å².